The third kappa shape index (κ3) is 4.96. The molecule has 0 atom stereocenters. The Morgan fingerprint density at radius 3 is 2.75 bits per heavy atom. The molecule has 1 heterocycles. The monoisotopic (exact) mass is 543 g/mol. The lowest BCUT2D eigenvalue weighted by Crippen LogP contribution is -2.03. The summed E-state index contributed by atoms with van der Waals surface area (Å²) in [5.41, 5.74) is 3.70. The van der Waals surface area contributed by atoms with Crippen LogP contribution in [0.2, 0.25) is 0 Å². The van der Waals surface area contributed by atoms with E-state index in [0.717, 1.165) is 27.0 Å². The van der Waals surface area contributed by atoms with Gasteiger partial charge in [0.2, 0.25) is 0 Å². The molecule has 3 aromatic carbocycles. The number of ether oxygens (including phenoxy) is 2. The van der Waals surface area contributed by atoms with E-state index < -0.39 is 5.97 Å². The highest BCUT2D eigenvalue weighted by Gasteiger charge is 2.11. The number of nitrogens with one attached hydrogen (secondary N) is 1. The van der Waals surface area contributed by atoms with Gasteiger partial charge in [-0.1, -0.05) is 34.7 Å². The van der Waals surface area contributed by atoms with Gasteiger partial charge in [-0.05, 0) is 54.1 Å². The van der Waals surface area contributed by atoms with Crippen LogP contribution in [0.5, 0.6) is 5.75 Å². The number of rotatable bonds is 7. The number of fused-ring (bicyclic) bond motifs is 1. The maximum Gasteiger partial charge on any atom is 0.337 e. The van der Waals surface area contributed by atoms with Crippen molar-refractivity contribution in [1.82, 2.24) is 9.97 Å². The molecule has 0 spiro atoms. The fourth-order valence-electron chi connectivity index (χ4n) is 3.23. The molecule has 0 unspecified atom stereocenters. The second-order valence-electron chi connectivity index (χ2n) is 6.95. The van der Waals surface area contributed by atoms with E-state index in [4.69, 9.17) is 9.47 Å². The van der Waals surface area contributed by atoms with Crippen molar-refractivity contribution < 1.29 is 18.7 Å². The van der Waals surface area contributed by atoms with Crippen LogP contribution >= 0.6 is 22.6 Å². The third-order valence-corrected chi connectivity index (χ3v) is 5.63. The van der Waals surface area contributed by atoms with Crippen molar-refractivity contribution in [3.05, 3.63) is 89.5 Å². The summed E-state index contributed by atoms with van der Waals surface area (Å²) in [6, 6.07) is 17.2. The lowest BCUT2D eigenvalue weighted by atomic mass is 10.1. The first-order valence-electron chi connectivity index (χ1n) is 9.73. The third-order valence-electron chi connectivity index (χ3n) is 4.81. The second kappa shape index (κ2) is 9.90. The molecular weight excluding hydrogens is 524 g/mol. The van der Waals surface area contributed by atoms with Crippen LogP contribution < -0.4 is 10.1 Å². The van der Waals surface area contributed by atoms with E-state index in [1.165, 1.54) is 25.6 Å². The maximum atomic E-state index is 13.4. The van der Waals surface area contributed by atoms with Crippen molar-refractivity contribution in [1.29, 1.82) is 0 Å². The van der Waals surface area contributed by atoms with E-state index in [-0.39, 0.29) is 12.4 Å². The zero-order chi connectivity index (χ0) is 22.5. The van der Waals surface area contributed by atoms with Crippen LogP contribution in [0.4, 0.5) is 15.9 Å². The number of aromatic nitrogens is 2. The van der Waals surface area contributed by atoms with Gasteiger partial charge < -0.3 is 14.8 Å². The van der Waals surface area contributed by atoms with E-state index >= 15 is 0 Å². The van der Waals surface area contributed by atoms with Crippen LogP contribution in [0.3, 0.4) is 0 Å². The molecule has 4 rings (SSSR count). The van der Waals surface area contributed by atoms with Crippen molar-refractivity contribution >= 4 is 51.0 Å². The Morgan fingerprint density at radius 2 is 1.97 bits per heavy atom. The first-order chi connectivity index (χ1) is 15.6. The molecular formula is C24H19FIN3O3. The van der Waals surface area contributed by atoms with E-state index in [9.17, 15) is 9.18 Å². The lowest BCUT2D eigenvalue weighted by Gasteiger charge is -2.14. The summed E-state index contributed by atoms with van der Waals surface area (Å²) in [5.74, 6) is 0.601. The predicted molar refractivity (Wildman–Crippen MR) is 129 cm³/mol. The molecule has 162 valence electrons. The maximum absolute atomic E-state index is 13.4. The number of nitrogens with zero attached hydrogens (tertiary/aromatic N) is 2. The molecule has 0 aliphatic rings. The average molecular weight is 543 g/mol. The minimum atomic E-state index is -0.422. The van der Waals surface area contributed by atoms with Gasteiger partial charge in [0.15, 0.2) is 0 Å². The van der Waals surface area contributed by atoms with Gasteiger partial charge in [0, 0.05) is 21.1 Å². The predicted octanol–water partition coefficient (Wildman–Crippen LogP) is 5.81. The molecule has 32 heavy (non-hydrogen) atoms. The molecule has 0 radical (unpaired) electrons. The van der Waals surface area contributed by atoms with Crippen molar-refractivity contribution in [3.8, 4) is 5.75 Å². The normalized spacial score (nSPS) is 10.7. The number of alkyl halides is 1. The highest BCUT2D eigenvalue weighted by Crippen LogP contribution is 2.29. The molecule has 0 aliphatic heterocycles. The summed E-state index contributed by atoms with van der Waals surface area (Å²) in [4.78, 5) is 20.5. The smallest absolute Gasteiger partial charge is 0.337 e. The van der Waals surface area contributed by atoms with Gasteiger partial charge in [-0.25, -0.2) is 19.2 Å². The summed E-state index contributed by atoms with van der Waals surface area (Å²) in [5, 5.41) is 4.01. The van der Waals surface area contributed by atoms with Crippen LogP contribution in [0, 0.1) is 5.82 Å². The highest BCUT2D eigenvalue weighted by atomic mass is 127. The summed E-state index contributed by atoms with van der Waals surface area (Å²) < 4.78 is 24.9. The van der Waals surface area contributed by atoms with Crippen molar-refractivity contribution in [2.45, 2.75) is 11.0 Å². The Balaban J connectivity index is 1.58. The molecule has 4 aromatic rings. The van der Waals surface area contributed by atoms with Gasteiger partial charge >= 0.3 is 5.97 Å². The van der Waals surface area contributed by atoms with Crippen LogP contribution in [-0.4, -0.2) is 23.0 Å². The van der Waals surface area contributed by atoms with Crippen molar-refractivity contribution in [2.24, 2.45) is 0 Å². The number of carbonyl (C=O) groups is 1. The molecule has 8 heteroatoms. The number of esters is 1. The van der Waals surface area contributed by atoms with Gasteiger partial charge in [-0.2, -0.15) is 0 Å². The zero-order valence-corrected chi connectivity index (χ0v) is 19.3. The van der Waals surface area contributed by atoms with E-state index in [2.05, 4.69) is 37.9 Å². The summed E-state index contributed by atoms with van der Waals surface area (Å²) in [7, 11) is 1.34. The SMILES string of the molecule is COC(=O)c1ccc2ncnc(Nc3ccc(OCc4cccc(F)c4)c(CI)c3)c2c1. The fourth-order valence-corrected chi connectivity index (χ4v) is 3.82. The number of hydrogen-bond donors (Lipinski definition) is 1. The molecule has 1 N–H and O–H groups in total. The summed E-state index contributed by atoms with van der Waals surface area (Å²) >= 11 is 2.27. The quantitative estimate of drug-likeness (QED) is 0.180. The molecule has 1 aromatic heterocycles. The summed E-state index contributed by atoms with van der Waals surface area (Å²) in [6.45, 7) is 0.279. The molecule has 0 saturated carbocycles. The second-order valence-corrected chi connectivity index (χ2v) is 7.71. The Labute approximate surface area is 197 Å². The zero-order valence-electron chi connectivity index (χ0n) is 17.1. The van der Waals surface area contributed by atoms with Gasteiger partial charge in [0.05, 0.1) is 18.2 Å². The van der Waals surface area contributed by atoms with Crippen molar-refractivity contribution in [2.75, 3.05) is 12.4 Å². The van der Waals surface area contributed by atoms with Crippen LogP contribution in [0.1, 0.15) is 21.5 Å². The molecule has 6 nitrogen and oxygen atoms in total. The Morgan fingerprint density at radius 1 is 1.09 bits per heavy atom. The van der Waals surface area contributed by atoms with E-state index in [1.807, 2.05) is 24.3 Å². The number of anilines is 2. The molecule has 0 amide bonds. The van der Waals surface area contributed by atoms with Crippen molar-refractivity contribution in [3.63, 3.8) is 0 Å². The van der Waals surface area contributed by atoms with Crippen LogP contribution in [-0.2, 0) is 15.8 Å². The number of benzene rings is 3. The number of hydrogen-bond acceptors (Lipinski definition) is 6. The topological polar surface area (TPSA) is 73.3 Å². The molecule has 0 fully saturated rings. The van der Waals surface area contributed by atoms with Crippen LogP contribution in [0.25, 0.3) is 10.9 Å². The van der Waals surface area contributed by atoms with Gasteiger partial charge in [0.25, 0.3) is 0 Å². The molecule has 0 bridgehead atoms. The number of methoxy groups -OCH3 is 1. The molecule has 0 aliphatic carbocycles. The highest BCUT2D eigenvalue weighted by molar-refractivity contribution is 14.1. The Bertz CT molecular complexity index is 1280. The van der Waals surface area contributed by atoms with Crippen LogP contribution in [0.15, 0.2) is 67.0 Å². The Kier molecular flexibility index (Phi) is 6.79. The standard InChI is InChI=1S/C24H19FIN3O3/c1-31-24(30)16-5-7-21-20(11-16)23(28-14-27-21)29-19-6-8-22(17(10-19)12-26)32-13-15-3-2-4-18(25)9-15/h2-11,14H,12-13H2,1H3,(H,27,28,29). The number of carbonyl (C=O) groups excluding carboxylic acids is 1. The first kappa shape index (κ1) is 21.9. The largest absolute Gasteiger partial charge is 0.489 e. The summed E-state index contributed by atoms with van der Waals surface area (Å²) in [6.07, 6.45) is 1.47. The Hall–Kier alpha value is -3.27. The lowest BCUT2D eigenvalue weighted by molar-refractivity contribution is 0.0601. The van der Waals surface area contributed by atoms with E-state index in [0.29, 0.717) is 22.3 Å². The minimum absolute atomic E-state index is 0.279. The fraction of sp³-hybridized carbons (Fsp3) is 0.125. The van der Waals surface area contributed by atoms with Gasteiger partial charge in [-0.3, -0.25) is 0 Å². The minimum Gasteiger partial charge on any atom is -0.489 e. The first-order valence-corrected chi connectivity index (χ1v) is 11.3. The average Bonchev–Trinajstić information content (AvgIpc) is 2.82. The van der Waals surface area contributed by atoms with E-state index in [1.54, 1.807) is 24.3 Å². The van der Waals surface area contributed by atoms with Gasteiger partial charge in [0.1, 0.15) is 30.3 Å². The number of halogens is 2. The van der Waals surface area contributed by atoms with Gasteiger partial charge in [-0.15, -0.1) is 0 Å². The molecule has 0 saturated heterocycles.